The Hall–Kier alpha value is -1.09. The molecular weight excluding hydrogens is 360 g/mol. The molecule has 3 fully saturated rings. The molecule has 8 atom stereocenters. The SMILES string of the molecule is C=CC[C@@](C)(O)[C@H]1CC[C@H]2[C@@H]3CC=C4C[C@@H](OC(C)=O)CC[C@]4(C)[C@H]3CC[C@@]21C. The van der Waals surface area contributed by atoms with Crippen molar-refractivity contribution in [1.82, 2.24) is 0 Å². The van der Waals surface area contributed by atoms with Crippen LogP contribution in [0.3, 0.4) is 0 Å². The number of ether oxygens (including phenoxy) is 1. The Labute approximate surface area is 177 Å². The summed E-state index contributed by atoms with van der Waals surface area (Å²) in [5, 5.41) is 11.2. The number of aliphatic hydroxyl groups is 1. The van der Waals surface area contributed by atoms with Crippen LogP contribution in [0.25, 0.3) is 0 Å². The minimum absolute atomic E-state index is 0.0714. The molecule has 29 heavy (non-hydrogen) atoms. The lowest BCUT2D eigenvalue weighted by Crippen LogP contribution is -2.53. The van der Waals surface area contributed by atoms with Gasteiger partial charge < -0.3 is 9.84 Å². The second-order valence-electron chi connectivity index (χ2n) is 11.3. The van der Waals surface area contributed by atoms with Gasteiger partial charge in [0.25, 0.3) is 0 Å². The molecule has 0 saturated heterocycles. The monoisotopic (exact) mass is 400 g/mol. The van der Waals surface area contributed by atoms with Crippen molar-refractivity contribution in [2.75, 3.05) is 0 Å². The van der Waals surface area contributed by atoms with Crippen LogP contribution in [0.4, 0.5) is 0 Å². The first-order valence-corrected chi connectivity index (χ1v) is 11.8. The summed E-state index contributed by atoms with van der Waals surface area (Å²) in [5.41, 5.74) is 1.42. The highest BCUT2D eigenvalue weighted by Crippen LogP contribution is 2.67. The quantitative estimate of drug-likeness (QED) is 0.477. The van der Waals surface area contributed by atoms with E-state index in [0.717, 1.165) is 37.5 Å². The van der Waals surface area contributed by atoms with Gasteiger partial charge in [-0.25, -0.2) is 0 Å². The van der Waals surface area contributed by atoms with E-state index in [1.807, 2.05) is 13.0 Å². The van der Waals surface area contributed by atoms with E-state index in [0.29, 0.717) is 18.3 Å². The first-order valence-electron chi connectivity index (χ1n) is 11.8. The summed E-state index contributed by atoms with van der Waals surface area (Å²) in [4.78, 5) is 11.4. The molecule has 4 aliphatic carbocycles. The van der Waals surface area contributed by atoms with Crippen LogP contribution in [0, 0.1) is 34.5 Å². The van der Waals surface area contributed by atoms with Crippen molar-refractivity contribution in [3.63, 3.8) is 0 Å². The Morgan fingerprint density at radius 2 is 2.03 bits per heavy atom. The van der Waals surface area contributed by atoms with E-state index >= 15 is 0 Å². The van der Waals surface area contributed by atoms with Gasteiger partial charge in [0.05, 0.1) is 5.60 Å². The smallest absolute Gasteiger partial charge is 0.302 e. The zero-order valence-electron chi connectivity index (χ0n) is 18.9. The van der Waals surface area contributed by atoms with Crippen LogP contribution in [-0.4, -0.2) is 22.8 Å². The van der Waals surface area contributed by atoms with Gasteiger partial charge in [-0.3, -0.25) is 4.79 Å². The highest BCUT2D eigenvalue weighted by molar-refractivity contribution is 5.66. The van der Waals surface area contributed by atoms with Gasteiger partial charge in [-0.2, -0.15) is 0 Å². The predicted molar refractivity (Wildman–Crippen MR) is 116 cm³/mol. The summed E-state index contributed by atoms with van der Waals surface area (Å²) in [7, 11) is 0. The normalized spacial score (nSPS) is 45.8. The zero-order valence-corrected chi connectivity index (χ0v) is 18.9. The van der Waals surface area contributed by atoms with Crippen molar-refractivity contribution in [2.24, 2.45) is 34.5 Å². The van der Waals surface area contributed by atoms with E-state index in [4.69, 9.17) is 4.74 Å². The molecular formula is C26H40O3. The van der Waals surface area contributed by atoms with Gasteiger partial charge in [0, 0.05) is 13.3 Å². The Morgan fingerprint density at radius 3 is 2.72 bits per heavy atom. The third-order valence-electron chi connectivity index (χ3n) is 9.70. The predicted octanol–water partition coefficient (Wildman–Crippen LogP) is 5.82. The maximum absolute atomic E-state index is 11.4. The maximum atomic E-state index is 11.4. The summed E-state index contributed by atoms with van der Waals surface area (Å²) >= 11 is 0. The minimum atomic E-state index is -0.639. The van der Waals surface area contributed by atoms with Gasteiger partial charge in [-0.05, 0) is 92.8 Å². The van der Waals surface area contributed by atoms with Gasteiger partial charge in [0.2, 0.25) is 0 Å². The maximum Gasteiger partial charge on any atom is 0.302 e. The summed E-state index contributed by atoms with van der Waals surface area (Å²) in [5.74, 6) is 2.41. The summed E-state index contributed by atoms with van der Waals surface area (Å²) in [6.07, 6.45) is 14.3. The Morgan fingerprint density at radius 1 is 1.28 bits per heavy atom. The highest BCUT2D eigenvalue weighted by atomic mass is 16.5. The molecule has 0 spiro atoms. The largest absolute Gasteiger partial charge is 0.462 e. The van der Waals surface area contributed by atoms with E-state index in [1.165, 1.54) is 32.6 Å². The van der Waals surface area contributed by atoms with Gasteiger partial charge in [0.1, 0.15) is 6.10 Å². The summed E-state index contributed by atoms with van der Waals surface area (Å²) < 4.78 is 5.57. The summed E-state index contributed by atoms with van der Waals surface area (Å²) in [6.45, 7) is 12.4. The third-order valence-corrected chi connectivity index (χ3v) is 9.70. The van der Waals surface area contributed by atoms with Crippen molar-refractivity contribution >= 4 is 5.97 Å². The number of fused-ring (bicyclic) bond motifs is 5. The van der Waals surface area contributed by atoms with E-state index in [2.05, 4.69) is 26.5 Å². The van der Waals surface area contributed by atoms with Crippen molar-refractivity contribution in [3.8, 4) is 0 Å². The molecule has 0 aromatic carbocycles. The number of hydrogen-bond acceptors (Lipinski definition) is 3. The lowest BCUT2D eigenvalue weighted by molar-refractivity contribution is -0.149. The average molecular weight is 401 g/mol. The molecule has 162 valence electrons. The van der Waals surface area contributed by atoms with Crippen LogP contribution in [0.2, 0.25) is 0 Å². The summed E-state index contributed by atoms with van der Waals surface area (Å²) in [6, 6.07) is 0. The van der Waals surface area contributed by atoms with Crippen molar-refractivity contribution in [3.05, 3.63) is 24.3 Å². The second-order valence-corrected chi connectivity index (χ2v) is 11.3. The van der Waals surface area contributed by atoms with E-state index < -0.39 is 5.60 Å². The molecule has 3 saturated carbocycles. The molecule has 0 amide bonds. The first kappa shape index (κ1) is 21.2. The topological polar surface area (TPSA) is 46.5 Å². The molecule has 0 bridgehead atoms. The molecule has 3 heteroatoms. The fourth-order valence-corrected chi connectivity index (χ4v) is 8.42. The average Bonchev–Trinajstić information content (AvgIpc) is 2.99. The fourth-order valence-electron chi connectivity index (χ4n) is 8.42. The van der Waals surface area contributed by atoms with Crippen LogP contribution in [0.5, 0.6) is 0 Å². The lowest BCUT2D eigenvalue weighted by atomic mass is 9.46. The Bertz CT molecular complexity index is 707. The first-order chi connectivity index (χ1) is 13.6. The van der Waals surface area contributed by atoms with Crippen LogP contribution in [0.15, 0.2) is 24.3 Å². The van der Waals surface area contributed by atoms with Crippen molar-refractivity contribution < 1.29 is 14.6 Å². The molecule has 0 radical (unpaired) electrons. The Balaban J connectivity index is 1.57. The number of allylic oxidation sites excluding steroid dienone is 1. The van der Waals surface area contributed by atoms with Crippen molar-refractivity contribution in [1.29, 1.82) is 0 Å². The fraction of sp³-hybridized carbons (Fsp3) is 0.808. The molecule has 0 aromatic heterocycles. The number of carbonyl (C=O) groups is 1. The van der Waals surface area contributed by atoms with E-state index in [9.17, 15) is 9.90 Å². The Kier molecular flexibility index (Phi) is 5.29. The van der Waals surface area contributed by atoms with Crippen LogP contribution in [-0.2, 0) is 9.53 Å². The molecule has 1 N–H and O–H groups in total. The number of carbonyl (C=O) groups excluding carboxylic acids is 1. The minimum Gasteiger partial charge on any atom is -0.462 e. The molecule has 3 nitrogen and oxygen atoms in total. The van der Waals surface area contributed by atoms with E-state index in [-0.39, 0.29) is 22.9 Å². The van der Waals surface area contributed by atoms with Crippen LogP contribution >= 0.6 is 0 Å². The molecule has 0 unspecified atom stereocenters. The molecule has 4 rings (SSSR count). The van der Waals surface area contributed by atoms with Gasteiger partial charge >= 0.3 is 5.97 Å². The number of rotatable bonds is 4. The molecule has 0 aliphatic heterocycles. The van der Waals surface area contributed by atoms with E-state index in [1.54, 1.807) is 5.57 Å². The van der Waals surface area contributed by atoms with Crippen LogP contribution < -0.4 is 0 Å². The molecule has 4 aliphatic rings. The number of esters is 1. The number of hydrogen-bond donors (Lipinski definition) is 1. The standard InChI is InChI=1S/C26H40O3/c1-6-13-26(5,28)23-10-9-21-20-8-7-18-16-19(29-17(2)27)11-14-24(18,3)22(20)12-15-25(21,23)4/h6-7,19-23,28H,1,8-16H2,2-5H3/t19-,20-,21-,22-,23-,24-,25-,26+/m0/s1. The molecule has 0 heterocycles. The van der Waals surface area contributed by atoms with Gasteiger partial charge in [0.15, 0.2) is 0 Å². The second kappa shape index (κ2) is 7.25. The van der Waals surface area contributed by atoms with Crippen LogP contribution in [0.1, 0.15) is 85.5 Å². The highest BCUT2D eigenvalue weighted by Gasteiger charge is 2.61. The third kappa shape index (κ3) is 3.32. The van der Waals surface area contributed by atoms with Gasteiger partial charge in [-0.15, -0.1) is 6.58 Å². The zero-order chi connectivity index (χ0) is 21.0. The lowest BCUT2D eigenvalue weighted by Gasteiger charge is -2.59. The molecule has 0 aromatic rings. The van der Waals surface area contributed by atoms with Crippen molar-refractivity contribution in [2.45, 2.75) is 97.2 Å². The van der Waals surface area contributed by atoms with Gasteiger partial charge in [-0.1, -0.05) is 31.6 Å².